The molecule has 3 nitrogen and oxygen atoms in total. The smallest absolute Gasteiger partial charge is 0.267 e. The summed E-state index contributed by atoms with van der Waals surface area (Å²) in [4.78, 5) is 11.8. The molecule has 19 heavy (non-hydrogen) atoms. The number of carbonyl (C=O) groups excluding carboxylic acids is 1. The van der Waals surface area contributed by atoms with E-state index in [0.717, 1.165) is 5.56 Å². The van der Waals surface area contributed by atoms with Gasteiger partial charge in [0.2, 0.25) is 0 Å². The fraction of sp³-hybridized carbons (Fsp3) is 0.0667. The van der Waals surface area contributed by atoms with Crippen molar-refractivity contribution < 1.29 is 9.18 Å². The van der Waals surface area contributed by atoms with Crippen molar-refractivity contribution in [3.8, 4) is 0 Å². The molecule has 96 valence electrons. The highest BCUT2D eigenvalue weighted by atomic mass is 19.1. The zero-order valence-electron chi connectivity index (χ0n) is 10.4. The highest BCUT2D eigenvalue weighted by molar-refractivity contribution is 5.96. The summed E-state index contributed by atoms with van der Waals surface area (Å²) in [5, 5.41) is 3.84. The molecule has 0 aliphatic rings. The van der Waals surface area contributed by atoms with Crippen LogP contribution in [0.15, 0.2) is 53.6 Å². The molecule has 0 fully saturated rings. The molecular formula is C15H13FN2O. The van der Waals surface area contributed by atoms with Crippen molar-refractivity contribution in [1.29, 1.82) is 0 Å². The summed E-state index contributed by atoms with van der Waals surface area (Å²) in [6.07, 6.45) is 1.47. The van der Waals surface area contributed by atoms with Crippen LogP contribution >= 0.6 is 0 Å². The quantitative estimate of drug-likeness (QED) is 0.665. The lowest BCUT2D eigenvalue weighted by atomic mass is 10.1. The lowest BCUT2D eigenvalue weighted by Gasteiger charge is -2.02. The maximum absolute atomic E-state index is 12.7. The molecule has 0 aliphatic carbocycles. The van der Waals surface area contributed by atoms with Crippen LogP contribution in [0.4, 0.5) is 4.39 Å². The molecule has 0 atom stereocenters. The standard InChI is InChI=1S/C15H13FN2O/c1-11-4-2-3-5-14(11)15(19)18-17-10-12-6-8-13(16)9-7-12/h2-10H,1H3,(H,18,19)/b17-10+. The Balaban J connectivity index is 2.01. The van der Waals surface area contributed by atoms with Gasteiger partial charge in [0.25, 0.3) is 5.91 Å². The average molecular weight is 256 g/mol. The Bertz CT molecular complexity index is 606. The Labute approximate surface area is 110 Å². The van der Waals surface area contributed by atoms with E-state index in [2.05, 4.69) is 10.5 Å². The van der Waals surface area contributed by atoms with Gasteiger partial charge in [0.05, 0.1) is 6.21 Å². The summed E-state index contributed by atoms with van der Waals surface area (Å²) < 4.78 is 12.7. The van der Waals surface area contributed by atoms with Crippen LogP contribution in [0.25, 0.3) is 0 Å². The van der Waals surface area contributed by atoms with E-state index in [0.29, 0.717) is 11.1 Å². The first-order valence-corrected chi connectivity index (χ1v) is 5.81. The maximum atomic E-state index is 12.7. The van der Waals surface area contributed by atoms with Crippen LogP contribution < -0.4 is 5.43 Å². The van der Waals surface area contributed by atoms with Crippen LogP contribution in [0.1, 0.15) is 21.5 Å². The summed E-state index contributed by atoms with van der Waals surface area (Å²) in [5.74, 6) is -0.572. The van der Waals surface area contributed by atoms with E-state index in [4.69, 9.17) is 0 Å². The van der Waals surface area contributed by atoms with Gasteiger partial charge < -0.3 is 0 Å². The van der Waals surface area contributed by atoms with Gasteiger partial charge in [-0.05, 0) is 36.2 Å². The Kier molecular flexibility index (Phi) is 4.03. The fourth-order valence-corrected chi connectivity index (χ4v) is 1.60. The van der Waals surface area contributed by atoms with Crippen molar-refractivity contribution in [3.05, 3.63) is 71.0 Å². The summed E-state index contributed by atoms with van der Waals surface area (Å²) in [7, 11) is 0. The first-order chi connectivity index (χ1) is 9.16. The molecule has 0 saturated carbocycles. The predicted molar refractivity (Wildman–Crippen MR) is 72.6 cm³/mol. The minimum Gasteiger partial charge on any atom is -0.267 e. The lowest BCUT2D eigenvalue weighted by molar-refractivity contribution is 0.0954. The van der Waals surface area contributed by atoms with E-state index in [9.17, 15) is 9.18 Å². The van der Waals surface area contributed by atoms with Crippen molar-refractivity contribution in [1.82, 2.24) is 5.43 Å². The molecule has 1 amide bonds. The van der Waals surface area contributed by atoms with E-state index in [-0.39, 0.29) is 11.7 Å². The van der Waals surface area contributed by atoms with Crippen LogP contribution in [-0.2, 0) is 0 Å². The van der Waals surface area contributed by atoms with E-state index < -0.39 is 0 Å². The van der Waals surface area contributed by atoms with E-state index in [1.54, 1.807) is 24.3 Å². The third-order valence-electron chi connectivity index (χ3n) is 2.64. The van der Waals surface area contributed by atoms with Crippen molar-refractivity contribution >= 4 is 12.1 Å². The summed E-state index contributed by atoms with van der Waals surface area (Å²) in [5.41, 5.74) is 4.62. The van der Waals surface area contributed by atoms with Gasteiger partial charge in [0.1, 0.15) is 5.82 Å². The van der Waals surface area contributed by atoms with Crippen LogP contribution in [-0.4, -0.2) is 12.1 Å². The largest absolute Gasteiger partial charge is 0.271 e. The highest BCUT2D eigenvalue weighted by Gasteiger charge is 2.05. The van der Waals surface area contributed by atoms with Crippen LogP contribution in [0.5, 0.6) is 0 Å². The molecule has 0 spiro atoms. The van der Waals surface area contributed by atoms with Gasteiger partial charge in [-0.3, -0.25) is 4.79 Å². The minimum atomic E-state index is -0.305. The topological polar surface area (TPSA) is 41.5 Å². The molecule has 0 unspecified atom stereocenters. The average Bonchev–Trinajstić information content (AvgIpc) is 2.41. The SMILES string of the molecule is Cc1ccccc1C(=O)N/N=C/c1ccc(F)cc1. The van der Waals surface area contributed by atoms with Crippen LogP contribution in [0, 0.1) is 12.7 Å². The number of nitrogens with one attached hydrogen (secondary N) is 1. The second-order valence-electron chi connectivity index (χ2n) is 4.07. The maximum Gasteiger partial charge on any atom is 0.271 e. The van der Waals surface area contributed by atoms with Gasteiger partial charge >= 0.3 is 0 Å². The Morgan fingerprint density at radius 3 is 2.53 bits per heavy atom. The van der Waals surface area contributed by atoms with Gasteiger partial charge in [-0.2, -0.15) is 5.10 Å². The second-order valence-corrected chi connectivity index (χ2v) is 4.07. The molecule has 0 aromatic heterocycles. The zero-order valence-corrected chi connectivity index (χ0v) is 10.4. The Morgan fingerprint density at radius 2 is 1.84 bits per heavy atom. The molecule has 4 heteroatoms. The van der Waals surface area contributed by atoms with E-state index in [1.807, 2.05) is 19.1 Å². The number of hydrazone groups is 1. The monoisotopic (exact) mass is 256 g/mol. The third-order valence-corrected chi connectivity index (χ3v) is 2.64. The van der Waals surface area contributed by atoms with E-state index in [1.165, 1.54) is 18.3 Å². The van der Waals surface area contributed by atoms with Gasteiger partial charge in [-0.15, -0.1) is 0 Å². The van der Waals surface area contributed by atoms with Gasteiger partial charge in [0, 0.05) is 5.56 Å². The number of carbonyl (C=O) groups is 1. The number of hydrogen-bond donors (Lipinski definition) is 1. The number of halogens is 1. The number of benzene rings is 2. The van der Waals surface area contributed by atoms with Gasteiger partial charge in [0.15, 0.2) is 0 Å². The molecule has 2 aromatic carbocycles. The van der Waals surface area contributed by atoms with Crippen molar-refractivity contribution in [2.75, 3.05) is 0 Å². The fourth-order valence-electron chi connectivity index (χ4n) is 1.60. The number of hydrogen-bond acceptors (Lipinski definition) is 2. The molecule has 1 N–H and O–H groups in total. The Morgan fingerprint density at radius 1 is 1.16 bits per heavy atom. The highest BCUT2D eigenvalue weighted by Crippen LogP contribution is 2.06. The number of amides is 1. The minimum absolute atomic E-state index is 0.267. The number of aryl methyl sites for hydroxylation is 1. The number of nitrogens with zero attached hydrogens (tertiary/aromatic N) is 1. The first kappa shape index (κ1) is 13.0. The molecule has 2 aromatic rings. The number of rotatable bonds is 3. The summed E-state index contributed by atoms with van der Waals surface area (Å²) >= 11 is 0. The zero-order chi connectivity index (χ0) is 13.7. The third kappa shape index (κ3) is 3.48. The predicted octanol–water partition coefficient (Wildman–Crippen LogP) is 2.90. The summed E-state index contributed by atoms with van der Waals surface area (Å²) in [6, 6.07) is 13.1. The van der Waals surface area contributed by atoms with Crippen molar-refractivity contribution in [3.63, 3.8) is 0 Å². The molecule has 2 rings (SSSR count). The normalized spacial score (nSPS) is 10.6. The molecule has 0 saturated heterocycles. The van der Waals surface area contributed by atoms with E-state index >= 15 is 0 Å². The molecule has 0 radical (unpaired) electrons. The molecule has 0 aliphatic heterocycles. The second kappa shape index (κ2) is 5.91. The van der Waals surface area contributed by atoms with Crippen molar-refractivity contribution in [2.24, 2.45) is 5.10 Å². The molecular weight excluding hydrogens is 243 g/mol. The van der Waals surface area contributed by atoms with Crippen LogP contribution in [0.3, 0.4) is 0 Å². The van der Waals surface area contributed by atoms with Gasteiger partial charge in [-0.1, -0.05) is 30.3 Å². The van der Waals surface area contributed by atoms with Gasteiger partial charge in [-0.25, -0.2) is 9.82 Å². The lowest BCUT2D eigenvalue weighted by Crippen LogP contribution is -2.18. The Hall–Kier alpha value is -2.49. The van der Waals surface area contributed by atoms with Crippen LogP contribution in [0.2, 0.25) is 0 Å². The molecule has 0 heterocycles. The molecule has 0 bridgehead atoms. The van der Waals surface area contributed by atoms with Crippen molar-refractivity contribution in [2.45, 2.75) is 6.92 Å². The first-order valence-electron chi connectivity index (χ1n) is 5.81. The summed E-state index contributed by atoms with van der Waals surface area (Å²) in [6.45, 7) is 1.86.